The predicted octanol–water partition coefficient (Wildman–Crippen LogP) is -0.297. The molecule has 0 saturated heterocycles. The molecule has 95 valence electrons. The molecule has 0 fully saturated rings. The van der Waals surface area contributed by atoms with Gasteiger partial charge in [0.1, 0.15) is 18.2 Å². The largest absolute Gasteiger partial charge is 0.351 e. The van der Waals surface area contributed by atoms with Crippen LogP contribution in [0.2, 0.25) is 0 Å². The van der Waals surface area contributed by atoms with E-state index in [2.05, 4.69) is 9.97 Å². The van der Waals surface area contributed by atoms with Crippen LogP contribution in [-0.4, -0.2) is 55.0 Å². The average Bonchev–Trinajstić information content (AvgIpc) is 3.15. The van der Waals surface area contributed by atoms with Crippen LogP contribution in [0.4, 0.5) is 0 Å². The number of H-pyrrole nitrogens is 1. The summed E-state index contributed by atoms with van der Waals surface area (Å²) in [6.45, 7) is 0. The molecule has 1 aliphatic heterocycles. The second-order valence-electron chi connectivity index (χ2n) is 3.19. The summed E-state index contributed by atoms with van der Waals surface area (Å²) < 4.78 is 0. The molecule has 0 bridgehead atoms. The van der Waals surface area contributed by atoms with Crippen molar-refractivity contribution in [2.24, 2.45) is 0 Å². The normalized spacial score (nSPS) is 13.6. The Bertz CT molecular complexity index is 670. The Labute approximate surface area is 142 Å². The molecule has 1 aromatic heterocycles. The molecule has 1 aliphatic rings. The third kappa shape index (κ3) is 3.31. The molecule has 9 nitrogen and oxygen atoms in total. The molecule has 0 aliphatic carbocycles. The van der Waals surface area contributed by atoms with Crippen molar-refractivity contribution in [1.29, 1.82) is 26.3 Å². The van der Waals surface area contributed by atoms with Crippen LogP contribution >= 0.6 is 0 Å². The summed E-state index contributed by atoms with van der Waals surface area (Å²) >= 11 is 0. The third-order valence-corrected chi connectivity index (χ3v) is 2.20. The number of rotatable bonds is 0. The minimum Gasteiger partial charge on any atom is -0.351 e. The van der Waals surface area contributed by atoms with Gasteiger partial charge in [0.15, 0.2) is 18.1 Å². The summed E-state index contributed by atoms with van der Waals surface area (Å²) in [4.78, 5) is 7.67. The van der Waals surface area contributed by atoms with Crippen LogP contribution in [0, 0.1) is 56.9 Å². The zero-order valence-electron chi connectivity index (χ0n) is 10.9. The summed E-state index contributed by atoms with van der Waals surface area (Å²) in [7, 11) is 0. The Morgan fingerprint density at radius 2 is 1.76 bits per heavy atom. The summed E-state index contributed by atoms with van der Waals surface area (Å²) in [5.41, 5.74) is -2.30. The minimum absolute atomic E-state index is 0. The Kier molecular flexibility index (Phi) is 7.05. The number of aromatic amines is 1. The number of aromatic nitrogens is 2. The van der Waals surface area contributed by atoms with Gasteiger partial charge in [-0.25, -0.2) is 14.8 Å². The molecule has 0 saturated carbocycles. The van der Waals surface area contributed by atoms with Crippen molar-refractivity contribution in [2.45, 2.75) is 5.66 Å². The van der Waals surface area contributed by atoms with Crippen molar-refractivity contribution in [3.8, 4) is 30.6 Å². The van der Waals surface area contributed by atoms with E-state index in [1.54, 1.807) is 31.0 Å². The molecule has 21 heavy (non-hydrogen) atoms. The van der Waals surface area contributed by atoms with Gasteiger partial charge in [0.25, 0.3) is 0 Å². The van der Waals surface area contributed by atoms with Gasteiger partial charge < -0.3 is 4.98 Å². The topological polar surface area (TPSA) is 154 Å². The van der Waals surface area contributed by atoms with Crippen molar-refractivity contribution >= 4 is 29.6 Å². The van der Waals surface area contributed by atoms with Gasteiger partial charge in [0.2, 0.25) is 0 Å². The Hall–Kier alpha value is -3.00. The maximum atomic E-state index is 8.83. The van der Waals surface area contributed by atoms with Crippen LogP contribution in [0.3, 0.4) is 0 Å². The number of nitrogens with one attached hydrogen (secondary N) is 1. The number of nitriles is 5. The van der Waals surface area contributed by atoms with Crippen molar-refractivity contribution in [1.82, 2.24) is 19.8 Å². The summed E-state index contributed by atoms with van der Waals surface area (Å²) in [6.07, 6.45) is 9.15. The van der Waals surface area contributed by atoms with Crippen LogP contribution in [0.1, 0.15) is 0 Å². The van der Waals surface area contributed by atoms with E-state index in [-0.39, 0.29) is 35.3 Å². The molecule has 2 heterocycles. The Morgan fingerprint density at radius 1 is 1.10 bits per heavy atom. The molecule has 1 N–H and O–H groups in total. The Balaban J connectivity index is 0.000000562. The van der Waals surface area contributed by atoms with E-state index in [4.69, 9.17) is 26.3 Å². The second kappa shape index (κ2) is 8.23. The number of hydrogen-bond donors (Lipinski definition) is 1. The van der Waals surface area contributed by atoms with E-state index < -0.39 is 5.66 Å². The monoisotopic (exact) mass is 286 g/mol. The van der Waals surface area contributed by atoms with Gasteiger partial charge in [0.05, 0.1) is 12.5 Å². The molecule has 0 amide bonds. The van der Waals surface area contributed by atoms with Crippen LogP contribution in [0.15, 0.2) is 30.6 Å². The fraction of sp³-hybridized carbons (Fsp3) is 0.0909. The zero-order chi connectivity index (χ0) is 15.0. The maximum Gasteiger partial charge on any atom is 0.317 e. The molecule has 0 aromatic carbocycles. The summed E-state index contributed by atoms with van der Waals surface area (Å²) in [6, 6.07) is 4.69. The van der Waals surface area contributed by atoms with Gasteiger partial charge in [-0.05, 0) is 0 Å². The first-order valence-corrected chi connectivity index (χ1v) is 4.96. The fourth-order valence-electron chi connectivity index (χ4n) is 1.31. The third-order valence-electron chi connectivity index (χ3n) is 2.20. The molecule has 0 unspecified atom stereocenters. The van der Waals surface area contributed by atoms with Gasteiger partial charge in [-0.1, -0.05) is 0 Å². The van der Waals surface area contributed by atoms with Crippen LogP contribution in [0.5, 0.6) is 0 Å². The van der Waals surface area contributed by atoms with E-state index >= 15 is 0 Å². The molecular weight excluding hydrogens is 281 g/mol. The maximum absolute atomic E-state index is 8.83. The SMILES string of the molecule is N#CC1=CN(C#N)C(C#N)(C#N)N1C#N.[Na].c1c[nH]cn1. The van der Waals surface area contributed by atoms with E-state index in [0.29, 0.717) is 9.80 Å². The summed E-state index contributed by atoms with van der Waals surface area (Å²) in [5, 5.41) is 43.7. The predicted molar refractivity (Wildman–Crippen MR) is 66.9 cm³/mol. The first-order chi connectivity index (χ1) is 9.69. The molecule has 1 radical (unpaired) electrons. The summed E-state index contributed by atoms with van der Waals surface area (Å²) in [5.74, 6) is 0. The molecule has 1 aromatic rings. The molecule has 0 atom stereocenters. The number of imidazole rings is 1. The molecule has 0 spiro atoms. The quantitative estimate of drug-likeness (QED) is 0.503. The van der Waals surface area contributed by atoms with Crippen molar-refractivity contribution in [3.05, 3.63) is 30.6 Å². The van der Waals surface area contributed by atoms with Crippen molar-refractivity contribution in [3.63, 3.8) is 0 Å². The van der Waals surface area contributed by atoms with Gasteiger partial charge in [-0.15, -0.1) is 0 Å². The standard InChI is InChI=1S/C8HN7.C3H4N2.Na/c9-1-7-2-14(5-12)8(3-10,4-11)15(7)6-13;1-2-5-3-4-1;/h2H;1-3H,(H,4,5);. The van der Waals surface area contributed by atoms with Gasteiger partial charge in [-0.3, -0.25) is 0 Å². The van der Waals surface area contributed by atoms with Crippen molar-refractivity contribution < 1.29 is 0 Å². The fourth-order valence-corrected chi connectivity index (χ4v) is 1.31. The molecule has 10 heteroatoms. The van der Waals surface area contributed by atoms with Crippen molar-refractivity contribution in [2.75, 3.05) is 0 Å². The van der Waals surface area contributed by atoms with Crippen LogP contribution < -0.4 is 0 Å². The first-order valence-electron chi connectivity index (χ1n) is 4.96. The van der Waals surface area contributed by atoms with Crippen LogP contribution in [-0.2, 0) is 0 Å². The Morgan fingerprint density at radius 3 is 2.05 bits per heavy atom. The van der Waals surface area contributed by atoms with E-state index in [1.807, 2.05) is 0 Å². The van der Waals surface area contributed by atoms with Gasteiger partial charge >= 0.3 is 5.66 Å². The smallest absolute Gasteiger partial charge is 0.317 e. The number of allylic oxidation sites excluding steroid dienone is 1. The second-order valence-corrected chi connectivity index (χ2v) is 3.19. The minimum atomic E-state index is -2.07. The zero-order valence-corrected chi connectivity index (χ0v) is 12.9. The number of hydrogen-bond acceptors (Lipinski definition) is 8. The molecule has 2 rings (SSSR count). The van der Waals surface area contributed by atoms with E-state index in [9.17, 15) is 0 Å². The van der Waals surface area contributed by atoms with E-state index in [1.165, 1.54) is 18.3 Å². The number of nitrogens with zero attached hydrogens (tertiary/aromatic N) is 8. The van der Waals surface area contributed by atoms with E-state index in [0.717, 1.165) is 6.20 Å². The van der Waals surface area contributed by atoms with Crippen LogP contribution in [0.25, 0.3) is 0 Å². The van der Waals surface area contributed by atoms with Gasteiger partial charge in [0, 0.05) is 42.0 Å². The first kappa shape index (κ1) is 18.0. The average molecular weight is 286 g/mol. The molecular formula is C11H5N9Na. The van der Waals surface area contributed by atoms with Gasteiger partial charge in [-0.2, -0.15) is 26.3 Å².